The second-order valence-electron chi connectivity index (χ2n) is 15.0. The lowest BCUT2D eigenvalue weighted by atomic mass is 10.1. The summed E-state index contributed by atoms with van der Waals surface area (Å²) >= 11 is 0. The average molecular weight is 822 g/mol. The third-order valence-electron chi connectivity index (χ3n) is 10.0. The van der Waals surface area contributed by atoms with Crippen LogP contribution in [0.3, 0.4) is 0 Å². The van der Waals surface area contributed by atoms with Crippen molar-refractivity contribution in [2.45, 2.75) is 122 Å². The number of hydrogen-bond donors (Lipinski definition) is 2. The maximum Gasteiger partial charge on any atom is 0.269 e. The van der Waals surface area contributed by atoms with Crippen molar-refractivity contribution in [2.75, 3.05) is 19.8 Å². The maximum absolute atomic E-state index is 12.4. The summed E-state index contributed by atoms with van der Waals surface area (Å²) in [6.07, 6.45) is 22.1. The van der Waals surface area contributed by atoms with E-state index in [1.807, 2.05) is 48.5 Å². The van der Waals surface area contributed by atoms with Crippen molar-refractivity contribution < 1.29 is 28.7 Å². The van der Waals surface area contributed by atoms with Crippen molar-refractivity contribution >= 4 is 28.9 Å². The number of carbonyl (C=O) groups excluding carboxylic acids is 2. The first-order valence-electron chi connectivity index (χ1n) is 21.9. The molecule has 0 aliphatic carbocycles. The third kappa shape index (κ3) is 19.3. The summed E-state index contributed by atoms with van der Waals surface area (Å²) < 4.78 is 17.7. The molecule has 0 fully saturated rings. The molecule has 0 spiro atoms. The molecular weight excluding hydrogens is 759 g/mol. The number of nitro groups is 1. The fourth-order valence-corrected chi connectivity index (χ4v) is 6.45. The van der Waals surface area contributed by atoms with Crippen LogP contribution in [-0.2, 0) is 0 Å². The molecule has 60 heavy (non-hydrogen) atoms. The largest absolute Gasteiger partial charge is 0.494 e. The Morgan fingerprint density at radius 3 is 1.10 bits per heavy atom. The van der Waals surface area contributed by atoms with Gasteiger partial charge in [-0.2, -0.15) is 10.2 Å². The lowest BCUT2D eigenvalue weighted by Crippen LogP contribution is -2.41. The van der Waals surface area contributed by atoms with Crippen LogP contribution in [0.5, 0.6) is 17.2 Å². The topological polar surface area (TPSA) is 154 Å². The van der Waals surface area contributed by atoms with Gasteiger partial charge in [-0.1, -0.05) is 103 Å². The van der Waals surface area contributed by atoms with E-state index in [1.165, 1.54) is 101 Å². The fraction of sp³-hybridized carbons (Fsp3) is 0.458. The van der Waals surface area contributed by atoms with Gasteiger partial charge < -0.3 is 14.2 Å². The number of hydrazine groups is 1. The normalized spacial score (nSPS) is 11.0. The lowest BCUT2D eigenvalue weighted by Gasteiger charge is -2.09. The first-order chi connectivity index (χ1) is 29.4. The van der Waals surface area contributed by atoms with Crippen LogP contribution in [0.15, 0.2) is 107 Å². The Labute approximate surface area is 355 Å². The number of rotatable bonds is 30. The maximum atomic E-state index is 12.4. The highest BCUT2D eigenvalue weighted by Gasteiger charge is 2.12. The molecule has 0 aliphatic heterocycles. The molecule has 12 heteroatoms. The number of ether oxygens (including phenoxy) is 3. The van der Waals surface area contributed by atoms with Gasteiger partial charge in [0.1, 0.15) is 17.2 Å². The van der Waals surface area contributed by atoms with E-state index in [0.717, 1.165) is 68.0 Å². The van der Waals surface area contributed by atoms with Crippen molar-refractivity contribution in [2.24, 2.45) is 10.2 Å². The molecular formula is C48H63N5O7. The Kier molecular flexibility index (Phi) is 22.4. The van der Waals surface area contributed by atoms with Gasteiger partial charge in [0.25, 0.3) is 17.5 Å². The molecule has 322 valence electrons. The van der Waals surface area contributed by atoms with Crippen LogP contribution in [0.25, 0.3) is 0 Å². The lowest BCUT2D eigenvalue weighted by molar-refractivity contribution is -0.384. The molecule has 2 amide bonds. The van der Waals surface area contributed by atoms with E-state index < -0.39 is 16.7 Å². The number of hydrogen-bond acceptors (Lipinski definition) is 9. The molecule has 0 aliphatic rings. The number of amides is 2. The van der Waals surface area contributed by atoms with Crippen LogP contribution in [0.2, 0.25) is 0 Å². The number of nitrogens with one attached hydrogen (secondary N) is 2. The fourth-order valence-electron chi connectivity index (χ4n) is 6.45. The van der Waals surface area contributed by atoms with Gasteiger partial charge in [-0.25, -0.2) is 0 Å². The van der Waals surface area contributed by atoms with Gasteiger partial charge in [-0.3, -0.25) is 30.6 Å². The summed E-state index contributed by atoms with van der Waals surface area (Å²) in [6.45, 7) is 4.31. The summed E-state index contributed by atoms with van der Waals surface area (Å²) in [4.78, 5) is 34.9. The van der Waals surface area contributed by atoms with Gasteiger partial charge in [0.15, 0.2) is 0 Å². The third-order valence-corrected chi connectivity index (χ3v) is 10.0. The smallest absolute Gasteiger partial charge is 0.269 e. The molecule has 0 atom stereocenters. The number of non-ortho nitro benzene ring substituents is 1. The minimum Gasteiger partial charge on any atom is -0.494 e. The van der Waals surface area contributed by atoms with Crippen molar-refractivity contribution in [1.82, 2.24) is 10.9 Å². The van der Waals surface area contributed by atoms with Gasteiger partial charge >= 0.3 is 0 Å². The van der Waals surface area contributed by atoms with Crippen molar-refractivity contribution in [3.05, 3.63) is 118 Å². The molecule has 0 heterocycles. The molecule has 12 nitrogen and oxygen atoms in total. The Hall–Kier alpha value is -5.78. The molecule has 4 rings (SSSR count). The monoisotopic (exact) mass is 821 g/mol. The summed E-state index contributed by atoms with van der Waals surface area (Å²) in [5.41, 5.74) is 6.63. The Morgan fingerprint density at radius 1 is 0.467 bits per heavy atom. The van der Waals surface area contributed by atoms with Crippen LogP contribution < -0.4 is 25.1 Å². The number of nitrogens with zero attached hydrogens (tertiary/aromatic N) is 3. The highest BCUT2D eigenvalue weighted by Crippen LogP contribution is 2.24. The molecule has 0 aromatic heterocycles. The SMILES string of the molecule is CCCCCCCCCCCCOc1ccc(N=Nc2ccc(OCCCCCCCCCCOc3ccc(C(=O)NNC(=O)c4ccc([N+](=O)[O-])cc4)cc3)cc2)cc1. The van der Waals surface area contributed by atoms with Crippen molar-refractivity contribution in [1.29, 1.82) is 0 Å². The molecule has 0 unspecified atom stereocenters. The van der Waals surface area contributed by atoms with Gasteiger partial charge in [-0.15, -0.1) is 0 Å². The number of unbranched alkanes of at least 4 members (excludes halogenated alkanes) is 16. The van der Waals surface area contributed by atoms with E-state index in [2.05, 4.69) is 28.0 Å². The number of nitro benzene ring substituents is 1. The zero-order valence-electron chi connectivity index (χ0n) is 35.3. The summed E-state index contributed by atoms with van der Waals surface area (Å²) in [5.74, 6) is 1.30. The minimum absolute atomic E-state index is 0.124. The Morgan fingerprint density at radius 2 is 0.767 bits per heavy atom. The van der Waals surface area contributed by atoms with Gasteiger partial charge in [-0.05, 0) is 104 Å². The number of carbonyl (C=O) groups is 2. The van der Waals surface area contributed by atoms with Crippen molar-refractivity contribution in [3.8, 4) is 17.2 Å². The van der Waals surface area contributed by atoms with Gasteiger partial charge in [0.2, 0.25) is 0 Å². The van der Waals surface area contributed by atoms with Crippen LogP contribution in [0, 0.1) is 10.1 Å². The zero-order chi connectivity index (χ0) is 42.5. The summed E-state index contributed by atoms with van der Waals surface area (Å²) in [5, 5.41) is 19.5. The Bertz CT molecular complexity index is 1830. The molecule has 0 radical (unpaired) electrons. The first kappa shape index (κ1) is 46.9. The minimum atomic E-state index is -0.583. The molecule has 4 aromatic rings. The van der Waals surface area contributed by atoms with Crippen LogP contribution in [0.1, 0.15) is 143 Å². The van der Waals surface area contributed by atoms with Crippen LogP contribution >= 0.6 is 0 Å². The predicted octanol–water partition coefficient (Wildman–Crippen LogP) is 13.0. The quantitative estimate of drug-likeness (QED) is 0.0230. The number of benzene rings is 4. The van der Waals surface area contributed by atoms with Crippen LogP contribution in [0.4, 0.5) is 17.1 Å². The number of azo groups is 1. The second-order valence-corrected chi connectivity index (χ2v) is 15.0. The van der Waals surface area contributed by atoms with E-state index in [4.69, 9.17) is 14.2 Å². The molecule has 0 bridgehead atoms. The van der Waals surface area contributed by atoms with Gasteiger partial charge in [0, 0.05) is 23.3 Å². The van der Waals surface area contributed by atoms with Crippen LogP contribution in [-0.4, -0.2) is 36.6 Å². The van der Waals surface area contributed by atoms with E-state index in [1.54, 1.807) is 24.3 Å². The van der Waals surface area contributed by atoms with E-state index >= 15 is 0 Å². The first-order valence-corrected chi connectivity index (χ1v) is 21.9. The average Bonchev–Trinajstić information content (AvgIpc) is 3.28. The van der Waals surface area contributed by atoms with Crippen molar-refractivity contribution in [3.63, 3.8) is 0 Å². The summed E-state index contributed by atoms with van der Waals surface area (Å²) in [7, 11) is 0. The van der Waals surface area contributed by atoms with Gasteiger partial charge in [0.05, 0.1) is 36.1 Å². The second kappa shape index (κ2) is 28.6. The summed E-state index contributed by atoms with van der Waals surface area (Å²) in [6, 6.07) is 27.3. The van der Waals surface area contributed by atoms with E-state index in [0.29, 0.717) is 24.5 Å². The molecule has 2 N–H and O–H groups in total. The highest BCUT2D eigenvalue weighted by molar-refractivity contribution is 5.99. The van der Waals surface area contributed by atoms with E-state index in [9.17, 15) is 19.7 Å². The van der Waals surface area contributed by atoms with E-state index in [-0.39, 0.29) is 11.3 Å². The molecule has 4 aromatic carbocycles. The standard InChI is InChI=1S/C48H63N5O7/c1-2-3-4-5-6-7-8-11-14-18-37-59-45-32-24-41(25-33-45)49-50-42-26-34-46(35-27-42)60-38-19-16-13-10-9-12-15-17-36-58-44-30-22-40(23-31-44)48(55)52-51-47(54)39-20-28-43(29-21-39)53(56)57/h20-35H,2-19,36-38H2,1H3,(H,51,54)(H,52,55). The molecule has 0 saturated carbocycles. The predicted molar refractivity (Wildman–Crippen MR) is 237 cm³/mol. The zero-order valence-corrected chi connectivity index (χ0v) is 35.3. The molecule has 0 saturated heterocycles. The highest BCUT2D eigenvalue weighted by atomic mass is 16.6. The Balaban J connectivity index is 0.946.